The molecule has 3 rings (SSSR count). The third kappa shape index (κ3) is 4.71. The van der Waals surface area contributed by atoms with Crippen molar-refractivity contribution in [2.45, 2.75) is 19.6 Å². The zero-order valence-electron chi connectivity index (χ0n) is 14.3. The highest BCUT2D eigenvalue weighted by Crippen LogP contribution is 2.26. The highest BCUT2D eigenvalue weighted by molar-refractivity contribution is 9.10. The Morgan fingerprint density at radius 3 is 2.78 bits per heavy atom. The third-order valence-corrected chi connectivity index (χ3v) is 4.37. The van der Waals surface area contributed by atoms with Gasteiger partial charge in [-0.3, -0.25) is 4.79 Å². The summed E-state index contributed by atoms with van der Waals surface area (Å²) in [5.41, 5.74) is 0.898. The lowest BCUT2D eigenvalue weighted by Gasteiger charge is -2.15. The minimum absolute atomic E-state index is 0.165. The van der Waals surface area contributed by atoms with Gasteiger partial charge < -0.3 is 10.1 Å². The van der Waals surface area contributed by atoms with Crippen LogP contribution < -0.4 is 10.1 Å². The van der Waals surface area contributed by atoms with E-state index in [1.807, 2.05) is 0 Å². The van der Waals surface area contributed by atoms with E-state index in [-0.39, 0.29) is 18.3 Å². The van der Waals surface area contributed by atoms with Crippen molar-refractivity contribution in [3.8, 4) is 11.4 Å². The normalized spacial score (nSPS) is 11.9. The molecule has 140 valence electrons. The van der Waals surface area contributed by atoms with E-state index in [1.54, 1.807) is 37.4 Å². The van der Waals surface area contributed by atoms with Crippen molar-refractivity contribution in [1.82, 2.24) is 15.1 Å². The molecule has 1 N–H and O–H groups in total. The second-order valence-electron chi connectivity index (χ2n) is 5.76. The fourth-order valence-corrected chi connectivity index (χ4v) is 2.81. The summed E-state index contributed by atoms with van der Waals surface area (Å²) in [6.07, 6.45) is 0.829. The number of rotatable bonds is 6. The molecule has 3 aromatic rings. The molecule has 0 saturated carbocycles. The molecular weight excluding hydrogens is 420 g/mol. The van der Waals surface area contributed by atoms with Crippen LogP contribution in [0.4, 0.5) is 8.78 Å². The van der Waals surface area contributed by atoms with Gasteiger partial charge in [0.2, 0.25) is 0 Å². The largest absolute Gasteiger partial charge is 0.480 e. The molecule has 1 aromatic heterocycles. The molecule has 0 fully saturated rings. The van der Waals surface area contributed by atoms with E-state index in [2.05, 4.69) is 26.3 Å². The van der Waals surface area contributed by atoms with E-state index in [0.29, 0.717) is 21.6 Å². The summed E-state index contributed by atoms with van der Waals surface area (Å²) in [6, 6.07) is 11.9. The number of halogens is 3. The van der Waals surface area contributed by atoms with Gasteiger partial charge in [0.15, 0.2) is 6.10 Å². The van der Waals surface area contributed by atoms with Gasteiger partial charge in [-0.2, -0.15) is 5.10 Å². The van der Waals surface area contributed by atoms with Crippen LogP contribution in [0.25, 0.3) is 5.69 Å². The molecule has 0 saturated heterocycles. The predicted molar refractivity (Wildman–Crippen MR) is 99.6 cm³/mol. The Morgan fingerprint density at radius 2 is 2.04 bits per heavy atom. The molecule has 27 heavy (non-hydrogen) atoms. The van der Waals surface area contributed by atoms with Crippen LogP contribution >= 0.6 is 15.9 Å². The number of carbonyl (C=O) groups is 1. The van der Waals surface area contributed by atoms with Gasteiger partial charge in [0.25, 0.3) is 5.91 Å². The SMILES string of the molecule is C[C@H](Oc1ccc(F)cc1Br)C(=O)NCc1ccn(-c2ccccc2F)n1. The summed E-state index contributed by atoms with van der Waals surface area (Å²) >= 11 is 3.19. The Hall–Kier alpha value is -2.74. The van der Waals surface area contributed by atoms with Crippen molar-refractivity contribution in [1.29, 1.82) is 0 Å². The standard InChI is InChI=1S/C19H16BrF2N3O2/c1-12(27-18-7-6-13(21)10-15(18)20)19(26)23-11-14-8-9-25(24-14)17-5-3-2-4-16(17)22/h2-10,12H,11H2,1H3,(H,23,26)/t12-/m0/s1. The number of aromatic nitrogens is 2. The van der Waals surface area contributed by atoms with Crippen molar-refractivity contribution in [3.05, 3.63) is 76.5 Å². The minimum atomic E-state index is -0.791. The van der Waals surface area contributed by atoms with Gasteiger partial charge in [-0.05, 0) is 59.3 Å². The molecule has 0 bridgehead atoms. The van der Waals surface area contributed by atoms with Crippen LogP contribution in [-0.4, -0.2) is 21.8 Å². The number of hydrogen-bond acceptors (Lipinski definition) is 3. The second-order valence-corrected chi connectivity index (χ2v) is 6.61. The van der Waals surface area contributed by atoms with Crippen molar-refractivity contribution in [2.75, 3.05) is 0 Å². The minimum Gasteiger partial charge on any atom is -0.480 e. The van der Waals surface area contributed by atoms with E-state index < -0.39 is 11.9 Å². The highest BCUT2D eigenvalue weighted by atomic mass is 79.9. The van der Waals surface area contributed by atoms with E-state index in [9.17, 15) is 13.6 Å². The molecule has 0 aliphatic rings. The maximum atomic E-state index is 13.8. The first-order valence-electron chi connectivity index (χ1n) is 8.13. The Bertz CT molecular complexity index is 962. The second kappa shape index (κ2) is 8.30. The zero-order valence-corrected chi connectivity index (χ0v) is 15.9. The van der Waals surface area contributed by atoms with Crippen LogP contribution in [0.15, 0.2) is 59.2 Å². The number of nitrogens with one attached hydrogen (secondary N) is 1. The molecule has 0 aliphatic carbocycles. The lowest BCUT2D eigenvalue weighted by Crippen LogP contribution is -2.36. The first-order chi connectivity index (χ1) is 12.9. The quantitative estimate of drug-likeness (QED) is 0.636. The molecule has 0 unspecified atom stereocenters. The van der Waals surface area contributed by atoms with Gasteiger partial charge in [0.1, 0.15) is 23.1 Å². The molecule has 2 aromatic carbocycles. The number of para-hydroxylation sites is 1. The summed E-state index contributed by atoms with van der Waals surface area (Å²) in [5, 5.41) is 6.96. The zero-order chi connectivity index (χ0) is 19.4. The van der Waals surface area contributed by atoms with Gasteiger partial charge in [-0.15, -0.1) is 0 Å². The molecular formula is C19H16BrF2N3O2. The van der Waals surface area contributed by atoms with Crippen molar-refractivity contribution < 1.29 is 18.3 Å². The van der Waals surface area contributed by atoms with Crippen LogP contribution in [-0.2, 0) is 11.3 Å². The number of amides is 1. The molecule has 1 amide bonds. The fraction of sp³-hybridized carbons (Fsp3) is 0.158. The van der Waals surface area contributed by atoms with E-state index in [1.165, 1.54) is 28.9 Å². The molecule has 1 atom stereocenters. The smallest absolute Gasteiger partial charge is 0.261 e. The molecule has 5 nitrogen and oxygen atoms in total. The Balaban J connectivity index is 1.58. The average molecular weight is 436 g/mol. The lowest BCUT2D eigenvalue weighted by atomic mass is 10.3. The third-order valence-electron chi connectivity index (χ3n) is 3.75. The summed E-state index contributed by atoms with van der Waals surface area (Å²) in [5.74, 6) is -0.783. The number of nitrogens with zero attached hydrogens (tertiary/aromatic N) is 2. The summed E-state index contributed by atoms with van der Waals surface area (Å²) in [7, 11) is 0. The van der Waals surface area contributed by atoms with Crippen molar-refractivity contribution in [3.63, 3.8) is 0 Å². The Labute approximate surface area is 163 Å². The number of carbonyl (C=O) groups excluding carboxylic acids is 1. The number of ether oxygens (including phenoxy) is 1. The molecule has 0 radical (unpaired) electrons. The predicted octanol–water partition coefficient (Wildman–Crippen LogP) is 4.00. The molecule has 1 heterocycles. The van der Waals surface area contributed by atoms with E-state index >= 15 is 0 Å². The maximum absolute atomic E-state index is 13.8. The van der Waals surface area contributed by atoms with Gasteiger partial charge in [-0.1, -0.05) is 12.1 Å². The first-order valence-corrected chi connectivity index (χ1v) is 8.92. The highest BCUT2D eigenvalue weighted by Gasteiger charge is 2.16. The van der Waals surface area contributed by atoms with Crippen LogP contribution in [0.5, 0.6) is 5.75 Å². The van der Waals surface area contributed by atoms with Gasteiger partial charge in [0, 0.05) is 6.20 Å². The van der Waals surface area contributed by atoms with Gasteiger partial charge in [0.05, 0.1) is 16.7 Å². The van der Waals surface area contributed by atoms with E-state index in [0.717, 1.165) is 0 Å². The van der Waals surface area contributed by atoms with Crippen LogP contribution in [0, 0.1) is 11.6 Å². The average Bonchev–Trinajstić information content (AvgIpc) is 3.11. The van der Waals surface area contributed by atoms with Crippen molar-refractivity contribution in [2.24, 2.45) is 0 Å². The summed E-state index contributed by atoms with van der Waals surface area (Å²) in [6.45, 7) is 1.75. The van der Waals surface area contributed by atoms with Gasteiger partial charge in [-0.25, -0.2) is 13.5 Å². The van der Waals surface area contributed by atoms with Crippen LogP contribution in [0.1, 0.15) is 12.6 Å². The topological polar surface area (TPSA) is 56.1 Å². The van der Waals surface area contributed by atoms with E-state index in [4.69, 9.17) is 4.74 Å². The number of benzene rings is 2. The molecule has 0 spiro atoms. The maximum Gasteiger partial charge on any atom is 0.261 e. The first kappa shape index (κ1) is 19.0. The van der Waals surface area contributed by atoms with Gasteiger partial charge >= 0.3 is 0 Å². The Kier molecular flexibility index (Phi) is 5.85. The van der Waals surface area contributed by atoms with Crippen LogP contribution in [0.3, 0.4) is 0 Å². The van der Waals surface area contributed by atoms with Crippen molar-refractivity contribution >= 4 is 21.8 Å². The fourth-order valence-electron chi connectivity index (χ4n) is 2.36. The Morgan fingerprint density at radius 1 is 1.26 bits per heavy atom. The van der Waals surface area contributed by atoms with Crippen LogP contribution in [0.2, 0.25) is 0 Å². The molecule has 0 aliphatic heterocycles. The summed E-state index contributed by atoms with van der Waals surface area (Å²) in [4.78, 5) is 12.2. The summed E-state index contributed by atoms with van der Waals surface area (Å²) < 4.78 is 34.3. The monoisotopic (exact) mass is 435 g/mol. The lowest BCUT2D eigenvalue weighted by molar-refractivity contribution is -0.127. The molecule has 8 heteroatoms. The number of hydrogen-bond donors (Lipinski definition) is 1.